The lowest BCUT2D eigenvalue weighted by molar-refractivity contribution is 0.0697. The highest BCUT2D eigenvalue weighted by molar-refractivity contribution is 7.14. The summed E-state index contributed by atoms with van der Waals surface area (Å²) in [5.74, 6) is -0.937. The number of benzene rings is 1. The van der Waals surface area contributed by atoms with Crippen molar-refractivity contribution in [1.29, 1.82) is 0 Å². The van der Waals surface area contributed by atoms with Gasteiger partial charge in [-0.05, 0) is 36.4 Å². The maximum atomic E-state index is 10.8. The third-order valence-corrected chi connectivity index (χ3v) is 3.57. The Morgan fingerprint density at radius 1 is 1.10 bits per heavy atom. The first kappa shape index (κ1) is 13.3. The van der Waals surface area contributed by atoms with Gasteiger partial charge in [-0.2, -0.15) is 0 Å². The van der Waals surface area contributed by atoms with E-state index in [1.807, 2.05) is 23.6 Å². The minimum Gasteiger partial charge on any atom is -0.478 e. The van der Waals surface area contributed by atoms with Crippen LogP contribution in [0.25, 0.3) is 11.4 Å². The van der Waals surface area contributed by atoms with Crippen LogP contribution in [0.15, 0.2) is 54.0 Å². The molecule has 0 aliphatic heterocycles. The summed E-state index contributed by atoms with van der Waals surface area (Å²) < 4.78 is 0. The van der Waals surface area contributed by atoms with E-state index in [0.29, 0.717) is 0 Å². The van der Waals surface area contributed by atoms with Gasteiger partial charge in [-0.3, -0.25) is 4.98 Å². The van der Waals surface area contributed by atoms with E-state index in [9.17, 15) is 4.79 Å². The second kappa shape index (κ2) is 5.72. The number of hydrogen-bond donors (Lipinski definition) is 2. The predicted octanol–water partition coefficient (Wildman–Crippen LogP) is 3.65. The zero-order valence-corrected chi connectivity index (χ0v) is 11.7. The van der Waals surface area contributed by atoms with Crippen molar-refractivity contribution in [2.24, 2.45) is 0 Å². The summed E-state index contributed by atoms with van der Waals surface area (Å²) in [6.07, 6.45) is 1.73. The number of carbonyl (C=O) groups is 1. The number of carboxylic acid groups (broad SMARTS) is 1. The van der Waals surface area contributed by atoms with Crippen LogP contribution in [0.1, 0.15) is 10.4 Å². The van der Waals surface area contributed by atoms with Crippen molar-refractivity contribution < 1.29 is 9.90 Å². The number of pyridine rings is 1. The average molecular weight is 297 g/mol. The Hall–Kier alpha value is -2.73. The number of anilines is 2. The molecule has 3 rings (SSSR count). The predicted molar refractivity (Wildman–Crippen MR) is 82.0 cm³/mol. The molecule has 0 radical (unpaired) electrons. The number of rotatable bonds is 4. The summed E-state index contributed by atoms with van der Waals surface area (Å²) in [6.45, 7) is 0. The number of carboxylic acids is 1. The number of hydrogen-bond acceptors (Lipinski definition) is 5. The zero-order chi connectivity index (χ0) is 14.7. The van der Waals surface area contributed by atoms with Gasteiger partial charge in [0.2, 0.25) is 0 Å². The monoisotopic (exact) mass is 297 g/mol. The van der Waals surface area contributed by atoms with Crippen LogP contribution in [-0.2, 0) is 0 Å². The van der Waals surface area contributed by atoms with Crippen molar-refractivity contribution in [3.05, 3.63) is 59.6 Å². The van der Waals surface area contributed by atoms with E-state index in [-0.39, 0.29) is 5.56 Å². The first-order chi connectivity index (χ1) is 10.2. The van der Waals surface area contributed by atoms with Gasteiger partial charge in [-0.25, -0.2) is 9.78 Å². The second-order valence-corrected chi connectivity index (χ2v) is 5.12. The van der Waals surface area contributed by atoms with E-state index >= 15 is 0 Å². The van der Waals surface area contributed by atoms with Crippen LogP contribution >= 0.6 is 11.3 Å². The van der Waals surface area contributed by atoms with E-state index in [0.717, 1.165) is 22.2 Å². The summed E-state index contributed by atoms with van der Waals surface area (Å²) >= 11 is 1.47. The van der Waals surface area contributed by atoms with Crippen molar-refractivity contribution in [3.8, 4) is 11.4 Å². The quantitative estimate of drug-likeness (QED) is 0.769. The fourth-order valence-corrected chi connectivity index (χ4v) is 2.51. The number of nitrogens with one attached hydrogen (secondary N) is 1. The fourth-order valence-electron chi connectivity index (χ4n) is 1.78. The molecule has 3 aromatic rings. The first-order valence-electron chi connectivity index (χ1n) is 6.20. The molecule has 0 unspecified atom stereocenters. The maximum Gasteiger partial charge on any atom is 0.335 e. The molecule has 21 heavy (non-hydrogen) atoms. The standard InChI is InChI=1S/C15H11N3O2S/c19-14(20)10-4-6-11(7-5-10)17-15-18-13(9-21-15)12-3-1-2-8-16-12/h1-9H,(H,17,18)(H,19,20). The largest absolute Gasteiger partial charge is 0.478 e. The number of nitrogens with zero attached hydrogens (tertiary/aromatic N) is 2. The van der Waals surface area contributed by atoms with E-state index in [4.69, 9.17) is 5.11 Å². The van der Waals surface area contributed by atoms with Gasteiger partial charge in [0.25, 0.3) is 0 Å². The number of aromatic nitrogens is 2. The van der Waals surface area contributed by atoms with Gasteiger partial charge >= 0.3 is 5.97 Å². The Balaban J connectivity index is 1.77. The van der Waals surface area contributed by atoms with Gasteiger partial charge in [-0.1, -0.05) is 6.07 Å². The molecule has 0 aliphatic rings. The summed E-state index contributed by atoms with van der Waals surface area (Å²) in [5, 5.41) is 14.7. The van der Waals surface area contributed by atoms with Gasteiger partial charge < -0.3 is 10.4 Å². The molecule has 0 fully saturated rings. The highest BCUT2D eigenvalue weighted by Crippen LogP contribution is 2.25. The van der Waals surface area contributed by atoms with Crippen LogP contribution in [0.5, 0.6) is 0 Å². The molecule has 0 saturated heterocycles. The Kier molecular flexibility index (Phi) is 3.61. The molecule has 5 nitrogen and oxygen atoms in total. The Bertz CT molecular complexity index is 754. The zero-order valence-electron chi connectivity index (χ0n) is 10.9. The van der Waals surface area contributed by atoms with Crippen LogP contribution in [0.2, 0.25) is 0 Å². The minimum absolute atomic E-state index is 0.258. The third-order valence-electron chi connectivity index (χ3n) is 2.81. The second-order valence-electron chi connectivity index (χ2n) is 4.26. The summed E-state index contributed by atoms with van der Waals surface area (Å²) in [5.41, 5.74) is 2.68. The van der Waals surface area contributed by atoms with E-state index < -0.39 is 5.97 Å². The van der Waals surface area contributed by atoms with E-state index in [2.05, 4.69) is 15.3 Å². The summed E-state index contributed by atoms with van der Waals surface area (Å²) in [4.78, 5) is 19.5. The van der Waals surface area contributed by atoms with Gasteiger partial charge in [-0.15, -0.1) is 11.3 Å². The van der Waals surface area contributed by atoms with Crippen LogP contribution in [0, 0.1) is 0 Å². The highest BCUT2D eigenvalue weighted by atomic mass is 32.1. The van der Waals surface area contributed by atoms with E-state index in [1.54, 1.807) is 30.5 Å². The van der Waals surface area contributed by atoms with Gasteiger partial charge in [0.05, 0.1) is 11.3 Å². The van der Waals surface area contributed by atoms with Gasteiger partial charge in [0, 0.05) is 17.3 Å². The minimum atomic E-state index is -0.937. The number of aromatic carboxylic acids is 1. The lowest BCUT2D eigenvalue weighted by Crippen LogP contribution is -1.96. The van der Waals surface area contributed by atoms with Crippen molar-refractivity contribution in [2.45, 2.75) is 0 Å². The molecular weight excluding hydrogens is 286 g/mol. The molecule has 0 spiro atoms. The molecule has 2 aromatic heterocycles. The molecule has 2 N–H and O–H groups in total. The van der Waals surface area contributed by atoms with Gasteiger partial charge in [0.15, 0.2) is 5.13 Å². The topological polar surface area (TPSA) is 75.1 Å². The maximum absolute atomic E-state index is 10.8. The lowest BCUT2D eigenvalue weighted by Gasteiger charge is -2.02. The Morgan fingerprint density at radius 2 is 1.90 bits per heavy atom. The summed E-state index contributed by atoms with van der Waals surface area (Å²) in [7, 11) is 0. The molecule has 6 heteroatoms. The van der Waals surface area contributed by atoms with Crippen molar-refractivity contribution >= 4 is 28.1 Å². The molecule has 2 heterocycles. The van der Waals surface area contributed by atoms with Crippen LogP contribution < -0.4 is 5.32 Å². The van der Waals surface area contributed by atoms with Crippen molar-refractivity contribution in [2.75, 3.05) is 5.32 Å². The molecular formula is C15H11N3O2S. The van der Waals surface area contributed by atoms with Crippen LogP contribution in [0.4, 0.5) is 10.8 Å². The average Bonchev–Trinajstić information content (AvgIpc) is 2.97. The molecule has 0 atom stereocenters. The molecule has 104 valence electrons. The Labute approximate surface area is 124 Å². The van der Waals surface area contributed by atoms with E-state index in [1.165, 1.54) is 11.3 Å². The molecule has 0 aliphatic carbocycles. The first-order valence-corrected chi connectivity index (χ1v) is 7.07. The normalized spacial score (nSPS) is 10.3. The van der Waals surface area contributed by atoms with Crippen molar-refractivity contribution in [3.63, 3.8) is 0 Å². The Morgan fingerprint density at radius 3 is 2.57 bits per heavy atom. The van der Waals surface area contributed by atoms with Crippen LogP contribution in [-0.4, -0.2) is 21.0 Å². The highest BCUT2D eigenvalue weighted by Gasteiger charge is 2.06. The summed E-state index contributed by atoms with van der Waals surface area (Å²) in [6, 6.07) is 12.2. The fraction of sp³-hybridized carbons (Fsp3) is 0. The smallest absolute Gasteiger partial charge is 0.335 e. The molecule has 0 saturated carbocycles. The van der Waals surface area contributed by atoms with Crippen LogP contribution in [0.3, 0.4) is 0 Å². The number of thiazole rings is 1. The molecule has 1 aromatic carbocycles. The third kappa shape index (κ3) is 3.06. The molecule has 0 bridgehead atoms. The molecule has 0 amide bonds. The SMILES string of the molecule is O=C(O)c1ccc(Nc2nc(-c3ccccn3)cs2)cc1. The van der Waals surface area contributed by atoms with Crippen molar-refractivity contribution in [1.82, 2.24) is 9.97 Å². The van der Waals surface area contributed by atoms with Gasteiger partial charge in [0.1, 0.15) is 5.69 Å². The lowest BCUT2D eigenvalue weighted by atomic mass is 10.2.